The highest BCUT2D eigenvalue weighted by atomic mass is 32.2. The molecule has 126 valence electrons. The van der Waals surface area contributed by atoms with Crippen LogP contribution in [0.5, 0.6) is 11.5 Å². The van der Waals surface area contributed by atoms with Gasteiger partial charge in [-0.05, 0) is 60.3 Å². The van der Waals surface area contributed by atoms with E-state index in [0.717, 1.165) is 17.5 Å². The van der Waals surface area contributed by atoms with Crippen molar-refractivity contribution in [2.45, 2.75) is 0 Å². The van der Waals surface area contributed by atoms with Crippen LogP contribution in [0.1, 0.15) is 5.56 Å². The van der Waals surface area contributed by atoms with Crippen molar-refractivity contribution in [3.63, 3.8) is 0 Å². The lowest BCUT2D eigenvalue weighted by molar-refractivity contribution is 0.265. The van der Waals surface area contributed by atoms with Crippen LogP contribution >= 0.6 is 24.0 Å². The van der Waals surface area contributed by atoms with Gasteiger partial charge in [0, 0.05) is 5.56 Å². The molecule has 25 heavy (non-hydrogen) atoms. The van der Waals surface area contributed by atoms with Crippen molar-refractivity contribution in [3.8, 4) is 11.5 Å². The zero-order valence-corrected chi connectivity index (χ0v) is 14.7. The number of rotatable bonds is 4. The smallest absolute Gasteiger partial charge is 0.289 e. The molecule has 2 aromatic rings. The number of phenols is 1. The van der Waals surface area contributed by atoms with E-state index in [1.165, 1.54) is 6.07 Å². The lowest BCUT2D eigenvalue weighted by atomic mass is 10.1. The average Bonchev–Trinajstić information content (AvgIpc) is 2.93. The first-order chi connectivity index (χ1) is 12.0. The topological polar surface area (TPSA) is 83.3 Å². The molecule has 0 spiro atoms. The minimum absolute atomic E-state index is 0.0682. The van der Waals surface area contributed by atoms with Gasteiger partial charge in [-0.3, -0.25) is 4.79 Å². The number of phenolic OH excluding ortho intramolecular Hbond substituents is 1. The number of carbonyl (C=O) groups is 1. The summed E-state index contributed by atoms with van der Waals surface area (Å²) in [6.07, 6.45) is 1.65. The number of ether oxygens (including phenoxy) is 1. The van der Waals surface area contributed by atoms with Gasteiger partial charge in [0.15, 0.2) is 0 Å². The Labute approximate surface area is 153 Å². The van der Waals surface area contributed by atoms with E-state index in [0.29, 0.717) is 26.8 Å². The molecule has 0 aromatic heterocycles. The Balaban J connectivity index is 1.83. The van der Waals surface area contributed by atoms with Gasteiger partial charge in [-0.15, -0.1) is 0 Å². The lowest BCUT2D eigenvalue weighted by Gasteiger charge is -2.02. The first-order valence-electron chi connectivity index (χ1n) is 7.19. The minimum Gasteiger partial charge on any atom is -0.507 e. The fraction of sp³-hybridized carbons (Fsp3) is 0.0588. The molecule has 2 N–H and O–H groups in total. The van der Waals surface area contributed by atoms with Crippen molar-refractivity contribution in [1.82, 2.24) is 5.32 Å². The van der Waals surface area contributed by atoms with E-state index in [9.17, 15) is 9.90 Å². The Morgan fingerprint density at radius 1 is 1.16 bits per heavy atom. The molecule has 1 fully saturated rings. The number of nitrogens with zero attached hydrogens (tertiary/aromatic N) is 2. The van der Waals surface area contributed by atoms with E-state index in [-0.39, 0.29) is 11.0 Å². The first-order valence-corrected chi connectivity index (χ1v) is 8.41. The van der Waals surface area contributed by atoms with Gasteiger partial charge in [0.1, 0.15) is 16.5 Å². The molecule has 0 radical (unpaired) electrons. The van der Waals surface area contributed by atoms with Crippen molar-refractivity contribution in [3.05, 3.63) is 52.9 Å². The van der Waals surface area contributed by atoms with Gasteiger partial charge in [0.2, 0.25) is 0 Å². The zero-order chi connectivity index (χ0) is 17.8. The number of thioether (sulfide) groups is 1. The number of hydrogen-bond acceptors (Lipinski definition) is 7. The van der Waals surface area contributed by atoms with Crippen LogP contribution in [0.3, 0.4) is 0 Å². The van der Waals surface area contributed by atoms with E-state index < -0.39 is 0 Å². The molecular formula is C17H13N3O3S2. The molecule has 0 bridgehead atoms. The predicted molar refractivity (Wildman–Crippen MR) is 102 cm³/mol. The van der Waals surface area contributed by atoms with Crippen molar-refractivity contribution < 1.29 is 14.6 Å². The van der Waals surface area contributed by atoms with Crippen molar-refractivity contribution in [2.24, 2.45) is 10.2 Å². The predicted octanol–water partition coefficient (Wildman–Crippen LogP) is 4.94. The highest BCUT2D eigenvalue weighted by Gasteiger charge is 2.21. The lowest BCUT2D eigenvalue weighted by Crippen LogP contribution is -2.15. The van der Waals surface area contributed by atoms with Gasteiger partial charge in [-0.1, -0.05) is 12.2 Å². The number of thiocarbonyl (C=S) groups is 1. The summed E-state index contributed by atoms with van der Waals surface area (Å²) in [5.74, 6) is 0.810. The summed E-state index contributed by atoms with van der Waals surface area (Å²) in [6, 6.07) is 12.0. The molecule has 0 atom stereocenters. The molecule has 1 aliphatic rings. The molecule has 1 amide bonds. The van der Waals surface area contributed by atoms with Gasteiger partial charge in [-0.2, -0.15) is 10.2 Å². The van der Waals surface area contributed by atoms with E-state index in [4.69, 9.17) is 17.0 Å². The largest absolute Gasteiger partial charge is 0.507 e. The van der Waals surface area contributed by atoms with Crippen LogP contribution in [0, 0.1) is 0 Å². The maximum Gasteiger partial charge on any atom is 0.289 e. The molecular weight excluding hydrogens is 358 g/mol. The summed E-state index contributed by atoms with van der Waals surface area (Å²) < 4.78 is 5.09. The molecule has 3 rings (SSSR count). The van der Waals surface area contributed by atoms with Gasteiger partial charge < -0.3 is 15.2 Å². The summed E-state index contributed by atoms with van der Waals surface area (Å²) in [6.45, 7) is 0. The van der Waals surface area contributed by atoms with Crippen molar-refractivity contribution >= 4 is 51.7 Å². The number of aromatic hydroxyl groups is 1. The van der Waals surface area contributed by atoms with E-state index in [1.54, 1.807) is 49.6 Å². The summed E-state index contributed by atoms with van der Waals surface area (Å²) in [5, 5.41) is 20.6. The van der Waals surface area contributed by atoms with E-state index >= 15 is 0 Å². The molecule has 6 nitrogen and oxygen atoms in total. The first kappa shape index (κ1) is 17.1. The second-order valence-electron chi connectivity index (χ2n) is 4.99. The normalized spacial score (nSPS) is 15.8. The van der Waals surface area contributed by atoms with Crippen LogP contribution in [-0.2, 0) is 0 Å². The average molecular weight is 371 g/mol. The number of hydrogen-bond donors (Lipinski definition) is 2. The third kappa shape index (κ3) is 4.23. The quantitative estimate of drug-likeness (QED) is 0.452. The number of methoxy groups -OCH3 is 1. The molecule has 8 heteroatoms. The standard InChI is InChI=1S/C17H13N3O3S2/c1-23-13-5-2-11(3-6-13)19-20-12-4-7-14(21)10(8-12)9-15-16(24)18-17(22)25-15/h2-9,21H,1H3,(H,18,22,24)/b15-9-,20-19?. The van der Waals surface area contributed by atoms with Gasteiger partial charge in [0.05, 0.1) is 23.4 Å². The zero-order valence-electron chi connectivity index (χ0n) is 13.1. The van der Waals surface area contributed by atoms with Gasteiger partial charge in [0.25, 0.3) is 5.24 Å². The Bertz CT molecular complexity index is 893. The van der Waals surface area contributed by atoms with E-state index in [2.05, 4.69) is 15.5 Å². The number of benzene rings is 2. The van der Waals surface area contributed by atoms with Gasteiger partial charge in [-0.25, -0.2) is 0 Å². The molecule has 2 aromatic carbocycles. The highest BCUT2D eigenvalue weighted by molar-refractivity contribution is 8.19. The third-order valence-corrected chi connectivity index (χ3v) is 4.57. The van der Waals surface area contributed by atoms with Crippen LogP contribution in [0.2, 0.25) is 0 Å². The second kappa shape index (κ2) is 7.45. The molecule has 0 aliphatic carbocycles. The summed E-state index contributed by atoms with van der Waals surface area (Å²) in [7, 11) is 1.60. The Morgan fingerprint density at radius 2 is 1.84 bits per heavy atom. The van der Waals surface area contributed by atoms with Crippen LogP contribution in [-0.4, -0.2) is 22.4 Å². The SMILES string of the molecule is COc1ccc(N=Nc2ccc(O)c(/C=C3\SC(=O)NC3=S)c2)cc1. The van der Waals surface area contributed by atoms with Crippen molar-refractivity contribution in [1.29, 1.82) is 0 Å². The number of nitrogens with one attached hydrogen (secondary N) is 1. The van der Waals surface area contributed by atoms with E-state index in [1.807, 2.05) is 0 Å². The van der Waals surface area contributed by atoms with Crippen LogP contribution in [0.15, 0.2) is 57.6 Å². The van der Waals surface area contributed by atoms with Crippen LogP contribution < -0.4 is 10.1 Å². The Hall–Kier alpha value is -2.71. The summed E-state index contributed by atoms with van der Waals surface area (Å²) in [5.41, 5.74) is 1.75. The monoisotopic (exact) mass is 371 g/mol. The molecule has 0 saturated carbocycles. The number of carbonyl (C=O) groups excluding carboxylic acids is 1. The molecule has 1 heterocycles. The molecule has 0 unspecified atom stereocenters. The number of azo groups is 1. The van der Waals surface area contributed by atoms with Crippen LogP contribution in [0.25, 0.3) is 6.08 Å². The second-order valence-corrected chi connectivity index (χ2v) is 6.42. The Morgan fingerprint density at radius 3 is 2.48 bits per heavy atom. The highest BCUT2D eigenvalue weighted by Crippen LogP contribution is 2.32. The fourth-order valence-electron chi connectivity index (χ4n) is 2.05. The molecule has 1 saturated heterocycles. The summed E-state index contributed by atoms with van der Waals surface area (Å²) in [4.78, 5) is 12.3. The fourth-order valence-corrected chi connectivity index (χ4v) is 3.07. The van der Waals surface area contributed by atoms with Crippen molar-refractivity contribution in [2.75, 3.05) is 7.11 Å². The van der Waals surface area contributed by atoms with Gasteiger partial charge >= 0.3 is 0 Å². The Kier molecular flexibility index (Phi) is 5.11. The maximum atomic E-state index is 11.3. The van der Waals surface area contributed by atoms with Crippen LogP contribution in [0.4, 0.5) is 16.2 Å². The maximum absolute atomic E-state index is 11.3. The molecule has 1 aliphatic heterocycles. The minimum atomic E-state index is -0.230. The third-order valence-electron chi connectivity index (χ3n) is 3.29. The summed E-state index contributed by atoms with van der Waals surface area (Å²) >= 11 is 6.06. The number of amides is 1.